The summed E-state index contributed by atoms with van der Waals surface area (Å²) < 4.78 is 39.4. The first-order chi connectivity index (χ1) is 23.3. The first-order valence-electron chi connectivity index (χ1n) is 16.2. The van der Waals surface area contributed by atoms with Gasteiger partial charge in [0.1, 0.15) is 6.10 Å². The van der Waals surface area contributed by atoms with Crippen molar-refractivity contribution in [3.8, 4) is 0 Å². The van der Waals surface area contributed by atoms with E-state index in [0.29, 0.717) is 39.6 Å². The van der Waals surface area contributed by atoms with Crippen molar-refractivity contribution in [2.75, 3.05) is 6.61 Å². The van der Waals surface area contributed by atoms with Crippen LogP contribution in [-0.4, -0.2) is 31.4 Å². The highest BCUT2D eigenvalue weighted by Gasteiger charge is 2.51. The zero-order chi connectivity index (χ0) is 31.9. The highest BCUT2D eigenvalue weighted by molar-refractivity contribution is 5.17. The lowest BCUT2D eigenvalue weighted by molar-refractivity contribution is -0.244. The average Bonchev–Trinajstić information content (AvgIpc) is 3.48. The summed E-state index contributed by atoms with van der Waals surface area (Å²) in [5.41, 5.74) is 5.30. The number of hydrogen-bond acceptors (Lipinski definition) is 6. The molecule has 0 amide bonds. The van der Waals surface area contributed by atoms with Crippen molar-refractivity contribution in [1.29, 1.82) is 0 Å². The third-order valence-electron chi connectivity index (χ3n) is 8.13. The maximum atomic E-state index is 6.74. The van der Waals surface area contributed by atoms with Crippen LogP contribution in [0.5, 0.6) is 0 Å². The van der Waals surface area contributed by atoms with Gasteiger partial charge < -0.3 is 28.4 Å². The van der Waals surface area contributed by atoms with Gasteiger partial charge in [-0.25, -0.2) is 0 Å². The van der Waals surface area contributed by atoms with Crippen LogP contribution in [0.3, 0.4) is 0 Å². The van der Waals surface area contributed by atoms with Crippen molar-refractivity contribution in [2.24, 2.45) is 5.92 Å². The van der Waals surface area contributed by atoms with Gasteiger partial charge in [-0.05, 0) is 27.8 Å². The minimum atomic E-state index is -0.698. The molecular formula is C41H42O6. The van der Waals surface area contributed by atoms with E-state index in [1.165, 1.54) is 0 Å². The molecular weight excluding hydrogens is 588 g/mol. The molecule has 5 aromatic carbocycles. The van der Waals surface area contributed by atoms with Crippen molar-refractivity contribution < 1.29 is 28.4 Å². The first kappa shape index (κ1) is 32.8. The largest absolute Gasteiger partial charge is 0.374 e. The van der Waals surface area contributed by atoms with Crippen molar-refractivity contribution in [1.82, 2.24) is 0 Å². The van der Waals surface area contributed by atoms with E-state index in [-0.39, 0.29) is 0 Å². The molecule has 1 saturated heterocycles. The second-order valence-corrected chi connectivity index (χ2v) is 11.6. The van der Waals surface area contributed by atoms with E-state index in [9.17, 15) is 0 Å². The summed E-state index contributed by atoms with van der Waals surface area (Å²) in [6.07, 6.45) is -2.23. The molecule has 4 atom stereocenters. The zero-order valence-electron chi connectivity index (χ0n) is 26.5. The summed E-state index contributed by atoms with van der Waals surface area (Å²) in [7, 11) is 0. The Morgan fingerprint density at radius 2 is 0.830 bits per heavy atom. The van der Waals surface area contributed by atoms with E-state index < -0.39 is 30.7 Å². The van der Waals surface area contributed by atoms with E-state index in [2.05, 4.69) is 24.3 Å². The fourth-order valence-corrected chi connectivity index (χ4v) is 5.69. The molecule has 1 aliphatic rings. The highest BCUT2D eigenvalue weighted by Crippen LogP contribution is 2.37. The number of hydrogen-bond donors (Lipinski definition) is 0. The van der Waals surface area contributed by atoms with Crippen molar-refractivity contribution in [3.63, 3.8) is 0 Å². The van der Waals surface area contributed by atoms with Crippen LogP contribution in [0.4, 0.5) is 0 Å². The summed E-state index contributed by atoms with van der Waals surface area (Å²) in [4.78, 5) is 0. The van der Waals surface area contributed by atoms with Gasteiger partial charge in [-0.1, -0.05) is 152 Å². The van der Waals surface area contributed by atoms with Crippen LogP contribution >= 0.6 is 0 Å². The van der Waals surface area contributed by atoms with Crippen LogP contribution in [0.2, 0.25) is 0 Å². The van der Waals surface area contributed by atoms with Gasteiger partial charge in [-0.15, -0.1) is 0 Å². The predicted octanol–water partition coefficient (Wildman–Crippen LogP) is 8.11. The Bertz CT molecular complexity index is 1510. The second-order valence-electron chi connectivity index (χ2n) is 11.6. The molecule has 47 heavy (non-hydrogen) atoms. The Morgan fingerprint density at radius 3 is 1.28 bits per heavy atom. The monoisotopic (exact) mass is 630 g/mol. The molecule has 0 saturated carbocycles. The van der Waals surface area contributed by atoms with Gasteiger partial charge in [0, 0.05) is 0 Å². The molecule has 0 N–H and O–H groups in total. The van der Waals surface area contributed by atoms with Gasteiger partial charge in [-0.3, -0.25) is 0 Å². The van der Waals surface area contributed by atoms with Crippen LogP contribution in [0.1, 0.15) is 27.8 Å². The molecule has 0 aromatic heterocycles. The molecule has 0 bridgehead atoms. The Balaban J connectivity index is 1.28. The molecule has 6 heteroatoms. The van der Waals surface area contributed by atoms with Gasteiger partial charge in [0.25, 0.3) is 0 Å². The van der Waals surface area contributed by atoms with Crippen LogP contribution in [0, 0.1) is 5.92 Å². The van der Waals surface area contributed by atoms with E-state index in [4.69, 9.17) is 28.4 Å². The molecule has 5 aromatic rings. The molecule has 6 nitrogen and oxygen atoms in total. The Hall–Kier alpha value is -4.14. The normalized spacial score (nSPS) is 19.3. The minimum absolute atomic E-state index is 0.320. The fourth-order valence-electron chi connectivity index (χ4n) is 5.69. The van der Waals surface area contributed by atoms with E-state index in [0.717, 1.165) is 27.8 Å². The van der Waals surface area contributed by atoms with E-state index >= 15 is 0 Å². The standard InChI is InChI=1S/C41H42O6/c1-6-16-32(17-7-1)26-42-31-37-39(43-27-33-18-8-2-9-19-33)38(41(47-37)46-30-36-24-14-5-15-25-36)40(44-28-34-20-10-3-11-21-34)45-29-35-22-12-4-13-23-35/h1-25,37-41H,26-31H2/t37-,38+,39+,41-/m1/s1. The molecule has 1 fully saturated rings. The minimum Gasteiger partial charge on any atom is -0.374 e. The maximum Gasteiger partial charge on any atom is 0.168 e. The van der Waals surface area contributed by atoms with Crippen LogP contribution in [0.15, 0.2) is 152 Å². The summed E-state index contributed by atoms with van der Waals surface area (Å²) in [5.74, 6) is -0.417. The molecule has 242 valence electrons. The summed E-state index contributed by atoms with van der Waals surface area (Å²) in [6, 6.07) is 50.6. The second kappa shape index (κ2) is 17.7. The van der Waals surface area contributed by atoms with Gasteiger partial charge in [-0.2, -0.15) is 0 Å². The van der Waals surface area contributed by atoms with Gasteiger partial charge in [0.15, 0.2) is 12.6 Å². The molecule has 0 radical (unpaired) electrons. The summed E-state index contributed by atoms with van der Waals surface area (Å²) >= 11 is 0. The van der Waals surface area contributed by atoms with Crippen molar-refractivity contribution in [3.05, 3.63) is 179 Å². The van der Waals surface area contributed by atoms with E-state index in [1.807, 2.05) is 127 Å². The fraction of sp³-hybridized carbons (Fsp3) is 0.268. The smallest absolute Gasteiger partial charge is 0.168 e. The first-order valence-corrected chi connectivity index (χ1v) is 16.2. The predicted molar refractivity (Wildman–Crippen MR) is 181 cm³/mol. The third-order valence-corrected chi connectivity index (χ3v) is 8.13. The molecule has 1 heterocycles. The summed E-state index contributed by atoms with van der Waals surface area (Å²) in [6.45, 7) is 2.28. The SMILES string of the molecule is c1ccc(COC[C@H]2O[C@@H](OCc3ccccc3)[C@H](C(OCc3ccccc3)OCc3ccccc3)[C@H]2OCc2ccccc2)cc1. The molecule has 0 aliphatic carbocycles. The highest BCUT2D eigenvalue weighted by atomic mass is 16.7. The van der Waals surface area contributed by atoms with Crippen LogP contribution in [0.25, 0.3) is 0 Å². The van der Waals surface area contributed by atoms with Crippen molar-refractivity contribution in [2.45, 2.75) is 57.8 Å². The van der Waals surface area contributed by atoms with Crippen LogP contribution < -0.4 is 0 Å². The summed E-state index contributed by atoms with van der Waals surface area (Å²) in [5, 5.41) is 0. The Morgan fingerprint density at radius 1 is 0.447 bits per heavy atom. The molecule has 1 aliphatic heterocycles. The van der Waals surface area contributed by atoms with Crippen molar-refractivity contribution >= 4 is 0 Å². The molecule has 0 spiro atoms. The Kier molecular flexibility index (Phi) is 12.3. The molecule has 6 rings (SSSR count). The molecule has 0 unspecified atom stereocenters. The van der Waals surface area contributed by atoms with Gasteiger partial charge >= 0.3 is 0 Å². The lowest BCUT2D eigenvalue weighted by atomic mass is 9.99. The zero-order valence-corrected chi connectivity index (χ0v) is 26.5. The third kappa shape index (κ3) is 9.92. The quantitative estimate of drug-likeness (QED) is 0.0968. The number of rotatable bonds is 17. The van der Waals surface area contributed by atoms with Gasteiger partial charge in [0.05, 0.1) is 51.7 Å². The van der Waals surface area contributed by atoms with Crippen LogP contribution in [-0.2, 0) is 61.5 Å². The number of ether oxygens (including phenoxy) is 6. The number of benzene rings is 5. The topological polar surface area (TPSA) is 55.4 Å². The maximum absolute atomic E-state index is 6.74. The average molecular weight is 631 g/mol. The lowest BCUT2D eigenvalue weighted by Gasteiger charge is -2.31. The Labute approximate surface area is 277 Å². The lowest BCUT2D eigenvalue weighted by Crippen LogP contribution is -2.43. The van der Waals surface area contributed by atoms with Gasteiger partial charge in [0.2, 0.25) is 0 Å². The van der Waals surface area contributed by atoms with E-state index in [1.54, 1.807) is 0 Å².